The van der Waals surface area contributed by atoms with Crippen LogP contribution in [0.5, 0.6) is 0 Å². The molecular weight excluding hydrogens is 232 g/mol. The molecule has 5 nitrogen and oxygen atoms in total. The molecule has 0 atom stereocenters. The Balaban J connectivity index is 2.01. The van der Waals surface area contributed by atoms with Crippen LogP contribution in [0.3, 0.4) is 0 Å². The number of hydrazone groups is 1. The van der Waals surface area contributed by atoms with Gasteiger partial charge in [0.15, 0.2) is 0 Å². The third-order valence-corrected chi connectivity index (χ3v) is 2.92. The second kappa shape index (κ2) is 5.16. The smallest absolute Gasteiger partial charge is 0.274 e. The lowest BCUT2D eigenvalue weighted by molar-refractivity contribution is -0.118. The monoisotopic (exact) mass is 248 g/mol. The summed E-state index contributed by atoms with van der Waals surface area (Å²) in [5.41, 5.74) is 3.71. The van der Waals surface area contributed by atoms with Crippen molar-refractivity contribution in [2.45, 2.75) is 39.5 Å². The fourth-order valence-corrected chi connectivity index (χ4v) is 2.04. The molecule has 0 saturated heterocycles. The SMILES string of the molecule is Cc1cc(C(=O)N/N=C2/CCCC(=O)C2)c(C)o1. The maximum atomic E-state index is 11.8. The van der Waals surface area contributed by atoms with Gasteiger partial charge in [-0.25, -0.2) is 5.43 Å². The number of rotatable bonds is 2. The van der Waals surface area contributed by atoms with E-state index in [-0.39, 0.29) is 11.7 Å². The number of amides is 1. The predicted octanol–water partition coefficient (Wildman–Crippen LogP) is 2.13. The lowest BCUT2D eigenvalue weighted by atomic mass is 9.97. The van der Waals surface area contributed by atoms with Gasteiger partial charge < -0.3 is 4.42 Å². The molecule has 1 fully saturated rings. The van der Waals surface area contributed by atoms with Gasteiger partial charge in [-0.1, -0.05) is 0 Å². The molecule has 0 bridgehead atoms. The van der Waals surface area contributed by atoms with Gasteiger partial charge in [0.25, 0.3) is 5.91 Å². The number of carbonyl (C=O) groups excluding carboxylic acids is 2. The minimum Gasteiger partial charge on any atom is -0.466 e. The quantitative estimate of drug-likeness (QED) is 0.815. The highest BCUT2D eigenvalue weighted by Gasteiger charge is 2.16. The van der Waals surface area contributed by atoms with Gasteiger partial charge in [-0.2, -0.15) is 5.10 Å². The summed E-state index contributed by atoms with van der Waals surface area (Å²) in [6, 6.07) is 1.68. The van der Waals surface area contributed by atoms with E-state index in [2.05, 4.69) is 10.5 Å². The van der Waals surface area contributed by atoms with Gasteiger partial charge in [0, 0.05) is 18.6 Å². The van der Waals surface area contributed by atoms with Crippen molar-refractivity contribution in [2.75, 3.05) is 0 Å². The number of furan rings is 1. The Morgan fingerprint density at radius 3 is 2.78 bits per heavy atom. The Kier molecular flexibility index (Phi) is 3.60. The Bertz CT molecular complexity index is 514. The van der Waals surface area contributed by atoms with Crippen LogP contribution in [0.2, 0.25) is 0 Å². The first-order valence-corrected chi connectivity index (χ1v) is 6.01. The molecule has 2 rings (SSSR count). The van der Waals surface area contributed by atoms with Gasteiger partial charge in [-0.05, 0) is 32.8 Å². The van der Waals surface area contributed by atoms with Crippen molar-refractivity contribution in [3.05, 3.63) is 23.2 Å². The molecule has 1 amide bonds. The lowest BCUT2D eigenvalue weighted by Gasteiger charge is -2.11. The lowest BCUT2D eigenvalue weighted by Crippen LogP contribution is -2.23. The van der Waals surface area contributed by atoms with E-state index in [1.807, 2.05) is 0 Å². The first kappa shape index (κ1) is 12.5. The number of nitrogens with zero attached hydrogens (tertiary/aromatic N) is 1. The molecule has 1 N–H and O–H groups in total. The Hall–Kier alpha value is -1.91. The van der Waals surface area contributed by atoms with Gasteiger partial charge >= 0.3 is 0 Å². The summed E-state index contributed by atoms with van der Waals surface area (Å²) in [7, 11) is 0. The van der Waals surface area contributed by atoms with Crippen molar-refractivity contribution in [3.8, 4) is 0 Å². The van der Waals surface area contributed by atoms with Gasteiger partial charge in [-0.15, -0.1) is 0 Å². The maximum absolute atomic E-state index is 11.8. The molecule has 18 heavy (non-hydrogen) atoms. The van der Waals surface area contributed by atoms with Crippen LogP contribution in [0.25, 0.3) is 0 Å². The number of hydrogen-bond acceptors (Lipinski definition) is 4. The molecule has 1 aromatic rings. The molecule has 1 aliphatic carbocycles. The van der Waals surface area contributed by atoms with Gasteiger partial charge in [-0.3, -0.25) is 9.59 Å². The molecule has 1 heterocycles. The molecule has 0 unspecified atom stereocenters. The number of hydrogen-bond donors (Lipinski definition) is 1. The molecule has 1 aliphatic rings. The second-order valence-electron chi connectivity index (χ2n) is 4.51. The number of carbonyl (C=O) groups is 2. The van der Waals surface area contributed by atoms with E-state index in [0.717, 1.165) is 18.6 Å². The zero-order chi connectivity index (χ0) is 13.1. The average molecular weight is 248 g/mol. The largest absolute Gasteiger partial charge is 0.466 e. The summed E-state index contributed by atoms with van der Waals surface area (Å²) in [5.74, 6) is 1.16. The van der Waals surface area contributed by atoms with Crippen molar-refractivity contribution < 1.29 is 14.0 Å². The fourth-order valence-electron chi connectivity index (χ4n) is 2.04. The van der Waals surface area contributed by atoms with Crippen LogP contribution < -0.4 is 5.43 Å². The number of nitrogens with one attached hydrogen (secondary N) is 1. The molecule has 0 radical (unpaired) electrons. The maximum Gasteiger partial charge on any atom is 0.274 e. The highest BCUT2D eigenvalue weighted by atomic mass is 16.3. The summed E-state index contributed by atoms with van der Waals surface area (Å²) in [4.78, 5) is 23.1. The van der Waals surface area contributed by atoms with E-state index in [1.165, 1.54) is 0 Å². The van der Waals surface area contributed by atoms with Crippen LogP contribution in [0, 0.1) is 13.8 Å². The van der Waals surface area contributed by atoms with E-state index in [4.69, 9.17) is 4.42 Å². The zero-order valence-corrected chi connectivity index (χ0v) is 10.6. The van der Waals surface area contributed by atoms with E-state index in [0.29, 0.717) is 29.9 Å². The highest BCUT2D eigenvalue weighted by molar-refractivity contribution is 6.04. The molecule has 1 saturated carbocycles. The first-order chi connectivity index (χ1) is 8.56. The minimum absolute atomic E-state index is 0.185. The first-order valence-electron chi connectivity index (χ1n) is 6.01. The molecule has 0 aliphatic heterocycles. The van der Waals surface area contributed by atoms with E-state index < -0.39 is 0 Å². The summed E-state index contributed by atoms with van der Waals surface area (Å²) >= 11 is 0. The third kappa shape index (κ3) is 2.85. The Labute approximate surface area is 105 Å². The number of Topliss-reactive ketones (excluding diaryl/α,β-unsaturated/α-hetero) is 1. The molecule has 1 aromatic heterocycles. The summed E-state index contributed by atoms with van der Waals surface area (Å²) in [5, 5.41) is 4.01. The standard InChI is InChI=1S/C13H16N2O3/c1-8-6-12(9(2)18-8)13(17)15-14-10-4-3-5-11(16)7-10/h6H,3-5,7H2,1-2H3,(H,15,17)/b14-10-. The van der Waals surface area contributed by atoms with Crippen LogP contribution in [0.15, 0.2) is 15.6 Å². The van der Waals surface area contributed by atoms with Gasteiger partial charge in [0.1, 0.15) is 17.3 Å². The minimum atomic E-state index is -0.296. The van der Waals surface area contributed by atoms with Crippen molar-refractivity contribution >= 4 is 17.4 Å². The molecule has 0 spiro atoms. The van der Waals surface area contributed by atoms with Crippen LogP contribution >= 0.6 is 0 Å². The van der Waals surface area contributed by atoms with Crippen LogP contribution in [-0.4, -0.2) is 17.4 Å². The molecule has 96 valence electrons. The van der Waals surface area contributed by atoms with E-state index in [9.17, 15) is 9.59 Å². The normalized spacial score (nSPS) is 18.1. The highest BCUT2D eigenvalue weighted by Crippen LogP contribution is 2.14. The molecule has 5 heteroatoms. The predicted molar refractivity (Wildman–Crippen MR) is 66.6 cm³/mol. The average Bonchev–Trinajstić information content (AvgIpc) is 2.66. The van der Waals surface area contributed by atoms with E-state index >= 15 is 0 Å². The second-order valence-corrected chi connectivity index (χ2v) is 4.51. The van der Waals surface area contributed by atoms with Crippen molar-refractivity contribution in [2.24, 2.45) is 5.10 Å². The summed E-state index contributed by atoms with van der Waals surface area (Å²) < 4.78 is 5.28. The molecular formula is C13H16N2O3. The fraction of sp³-hybridized carbons (Fsp3) is 0.462. The number of ketones is 1. The third-order valence-electron chi connectivity index (χ3n) is 2.92. The Morgan fingerprint density at radius 1 is 1.39 bits per heavy atom. The number of aryl methyl sites for hydroxylation is 2. The Morgan fingerprint density at radius 2 is 2.17 bits per heavy atom. The summed E-state index contributed by atoms with van der Waals surface area (Å²) in [6.45, 7) is 3.52. The van der Waals surface area contributed by atoms with E-state index in [1.54, 1.807) is 19.9 Å². The topological polar surface area (TPSA) is 71.7 Å². The van der Waals surface area contributed by atoms with Crippen molar-refractivity contribution in [1.29, 1.82) is 0 Å². The summed E-state index contributed by atoms with van der Waals surface area (Å²) in [6.07, 6.45) is 2.56. The zero-order valence-electron chi connectivity index (χ0n) is 10.6. The molecule has 0 aromatic carbocycles. The van der Waals surface area contributed by atoms with Gasteiger partial charge in [0.05, 0.1) is 5.56 Å². The van der Waals surface area contributed by atoms with Crippen molar-refractivity contribution in [3.63, 3.8) is 0 Å². The van der Waals surface area contributed by atoms with Crippen LogP contribution in [-0.2, 0) is 4.79 Å². The van der Waals surface area contributed by atoms with Crippen LogP contribution in [0.1, 0.15) is 47.6 Å². The van der Waals surface area contributed by atoms with Crippen LogP contribution in [0.4, 0.5) is 0 Å². The van der Waals surface area contributed by atoms with Crippen molar-refractivity contribution in [1.82, 2.24) is 5.43 Å². The van der Waals surface area contributed by atoms with Gasteiger partial charge in [0.2, 0.25) is 0 Å².